The van der Waals surface area contributed by atoms with Gasteiger partial charge in [-0.1, -0.05) is 18.2 Å². The summed E-state index contributed by atoms with van der Waals surface area (Å²) < 4.78 is 5.89. The van der Waals surface area contributed by atoms with Crippen LogP contribution in [0.25, 0.3) is 0 Å². The van der Waals surface area contributed by atoms with Gasteiger partial charge in [0, 0.05) is 12.2 Å². The van der Waals surface area contributed by atoms with E-state index in [1.165, 1.54) is 12.4 Å². The number of carbonyl (C=O) groups is 2. The van der Waals surface area contributed by atoms with Crippen LogP contribution in [0.3, 0.4) is 0 Å². The van der Waals surface area contributed by atoms with Crippen molar-refractivity contribution in [2.75, 3.05) is 31.1 Å². The number of likely N-dealkylation sites (tertiary alicyclic amines) is 1. The SMILES string of the molecule is O=C(c1ccnnc1)N1CCC2(C1)CN(c1ccccc1)C(=O)CO2. The Labute approximate surface area is 145 Å². The lowest BCUT2D eigenvalue weighted by Crippen LogP contribution is -2.56. The summed E-state index contributed by atoms with van der Waals surface area (Å²) in [5.41, 5.74) is 0.858. The molecule has 2 fully saturated rings. The first kappa shape index (κ1) is 15.7. The van der Waals surface area contributed by atoms with Crippen molar-refractivity contribution in [1.29, 1.82) is 0 Å². The number of benzene rings is 1. The third-order valence-corrected chi connectivity index (χ3v) is 4.75. The van der Waals surface area contributed by atoms with E-state index in [9.17, 15) is 9.59 Å². The fourth-order valence-corrected chi connectivity index (χ4v) is 3.42. The Morgan fingerprint density at radius 1 is 1.12 bits per heavy atom. The molecule has 128 valence electrons. The van der Waals surface area contributed by atoms with Crippen LogP contribution in [0, 0.1) is 0 Å². The summed E-state index contributed by atoms with van der Waals surface area (Å²) in [4.78, 5) is 28.4. The number of hydrogen-bond donors (Lipinski definition) is 0. The molecular weight excluding hydrogens is 320 g/mol. The molecule has 1 spiro atoms. The van der Waals surface area contributed by atoms with E-state index < -0.39 is 5.60 Å². The molecule has 3 heterocycles. The van der Waals surface area contributed by atoms with Crippen molar-refractivity contribution in [2.24, 2.45) is 0 Å². The predicted molar refractivity (Wildman–Crippen MR) is 90.0 cm³/mol. The Morgan fingerprint density at radius 2 is 1.96 bits per heavy atom. The molecule has 0 radical (unpaired) electrons. The molecule has 1 aromatic carbocycles. The van der Waals surface area contributed by atoms with E-state index in [0.717, 1.165) is 5.69 Å². The maximum absolute atomic E-state index is 12.6. The van der Waals surface area contributed by atoms with E-state index in [2.05, 4.69) is 10.2 Å². The molecule has 2 saturated heterocycles. The van der Waals surface area contributed by atoms with Gasteiger partial charge in [0.1, 0.15) is 12.2 Å². The van der Waals surface area contributed by atoms with Crippen molar-refractivity contribution in [1.82, 2.24) is 15.1 Å². The number of ether oxygens (including phenoxy) is 1. The maximum Gasteiger partial charge on any atom is 0.255 e. The van der Waals surface area contributed by atoms with E-state index in [4.69, 9.17) is 4.74 Å². The number of para-hydroxylation sites is 1. The summed E-state index contributed by atoms with van der Waals surface area (Å²) >= 11 is 0. The van der Waals surface area contributed by atoms with Crippen LogP contribution in [-0.2, 0) is 9.53 Å². The van der Waals surface area contributed by atoms with E-state index in [0.29, 0.717) is 31.6 Å². The zero-order chi connectivity index (χ0) is 17.3. The zero-order valence-electron chi connectivity index (χ0n) is 13.7. The highest BCUT2D eigenvalue weighted by Crippen LogP contribution is 2.32. The summed E-state index contributed by atoms with van der Waals surface area (Å²) in [5.74, 6) is -0.140. The number of hydrogen-bond acceptors (Lipinski definition) is 5. The number of rotatable bonds is 2. The molecule has 0 aliphatic carbocycles. The van der Waals surface area contributed by atoms with E-state index in [1.807, 2.05) is 30.3 Å². The van der Waals surface area contributed by atoms with Crippen molar-refractivity contribution < 1.29 is 14.3 Å². The van der Waals surface area contributed by atoms with Gasteiger partial charge < -0.3 is 14.5 Å². The van der Waals surface area contributed by atoms with Crippen LogP contribution < -0.4 is 4.90 Å². The molecule has 7 nitrogen and oxygen atoms in total. The van der Waals surface area contributed by atoms with Gasteiger partial charge >= 0.3 is 0 Å². The zero-order valence-corrected chi connectivity index (χ0v) is 13.7. The first-order valence-electron chi connectivity index (χ1n) is 8.22. The minimum absolute atomic E-state index is 0.0355. The Hall–Kier alpha value is -2.80. The molecule has 2 amide bonds. The largest absolute Gasteiger partial charge is 0.361 e. The molecule has 2 aromatic rings. The molecule has 0 N–H and O–H groups in total. The first-order valence-corrected chi connectivity index (χ1v) is 8.22. The Kier molecular flexibility index (Phi) is 3.93. The van der Waals surface area contributed by atoms with Gasteiger partial charge in [-0.2, -0.15) is 10.2 Å². The van der Waals surface area contributed by atoms with Crippen LogP contribution >= 0.6 is 0 Å². The van der Waals surface area contributed by atoms with Crippen LogP contribution in [0.2, 0.25) is 0 Å². The molecule has 1 atom stereocenters. The second kappa shape index (κ2) is 6.25. The van der Waals surface area contributed by atoms with Gasteiger partial charge in [0.25, 0.3) is 11.8 Å². The van der Waals surface area contributed by atoms with Gasteiger partial charge in [-0.25, -0.2) is 0 Å². The van der Waals surface area contributed by atoms with Crippen molar-refractivity contribution >= 4 is 17.5 Å². The van der Waals surface area contributed by atoms with Crippen LogP contribution in [0.4, 0.5) is 5.69 Å². The fraction of sp³-hybridized carbons (Fsp3) is 0.333. The molecule has 2 aliphatic rings. The minimum Gasteiger partial charge on any atom is -0.361 e. The lowest BCUT2D eigenvalue weighted by molar-refractivity contribution is -0.137. The van der Waals surface area contributed by atoms with Gasteiger partial charge in [-0.05, 0) is 24.6 Å². The Balaban J connectivity index is 1.51. The van der Waals surface area contributed by atoms with Gasteiger partial charge in [-0.15, -0.1) is 0 Å². The summed E-state index contributed by atoms with van der Waals surface area (Å²) in [5, 5.41) is 7.46. The minimum atomic E-state index is -0.514. The van der Waals surface area contributed by atoms with E-state index in [-0.39, 0.29) is 18.4 Å². The molecule has 4 rings (SSSR count). The summed E-state index contributed by atoms with van der Waals surface area (Å²) in [6.45, 7) is 1.55. The highest BCUT2D eigenvalue weighted by atomic mass is 16.5. The van der Waals surface area contributed by atoms with Crippen molar-refractivity contribution in [2.45, 2.75) is 12.0 Å². The number of nitrogens with zero attached hydrogens (tertiary/aromatic N) is 4. The first-order chi connectivity index (χ1) is 12.2. The monoisotopic (exact) mass is 338 g/mol. The molecule has 1 aromatic heterocycles. The predicted octanol–water partition coefficient (Wildman–Crippen LogP) is 1.12. The van der Waals surface area contributed by atoms with E-state index in [1.54, 1.807) is 15.9 Å². The smallest absolute Gasteiger partial charge is 0.255 e. The fourth-order valence-electron chi connectivity index (χ4n) is 3.42. The quantitative estimate of drug-likeness (QED) is 0.820. The maximum atomic E-state index is 12.6. The molecule has 25 heavy (non-hydrogen) atoms. The summed E-state index contributed by atoms with van der Waals surface area (Å²) in [6, 6.07) is 11.2. The average Bonchev–Trinajstić information content (AvgIpc) is 3.08. The molecule has 0 bridgehead atoms. The van der Waals surface area contributed by atoms with Gasteiger partial charge in [0.2, 0.25) is 0 Å². The third kappa shape index (κ3) is 2.98. The third-order valence-electron chi connectivity index (χ3n) is 4.75. The van der Waals surface area contributed by atoms with Crippen LogP contribution in [0.5, 0.6) is 0 Å². The number of anilines is 1. The standard InChI is InChI=1S/C18H18N4O3/c23-16-11-25-18(13-22(16)15-4-2-1-3-5-15)7-9-21(12-18)17(24)14-6-8-19-20-10-14/h1-6,8,10H,7,9,11-13H2. The molecule has 0 saturated carbocycles. The average molecular weight is 338 g/mol. The van der Waals surface area contributed by atoms with Crippen LogP contribution in [0.15, 0.2) is 48.8 Å². The van der Waals surface area contributed by atoms with Crippen molar-refractivity contribution in [3.05, 3.63) is 54.4 Å². The highest BCUT2D eigenvalue weighted by molar-refractivity contribution is 5.96. The van der Waals surface area contributed by atoms with Crippen LogP contribution in [0.1, 0.15) is 16.8 Å². The lowest BCUT2D eigenvalue weighted by Gasteiger charge is -2.40. The number of aromatic nitrogens is 2. The Bertz CT molecular complexity index is 783. The number of carbonyl (C=O) groups excluding carboxylic acids is 2. The highest BCUT2D eigenvalue weighted by Gasteiger charge is 2.46. The molecule has 2 aliphatic heterocycles. The van der Waals surface area contributed by atoms with Gasteiger partial charge in [0.15, 0.2) is 0 Å². The van der Waals surface area contributed by atoms with Gasteiger partial charge in [-0.3, -0.25) is 9.59 Å². The molecule has 7 heteroatoms. The summed E-state index contributed by atoms with van der Waals surface area (Å²) in [6.07, 6.45) is 3.68. The van der Waals surface area contributed by atoms with Crippen molar-refractivity contribution in [3.63, 3.8) is 0 Å². The molecular formula is C18H18N4O3. The summed E-state index contributed by atoms with van der Waals surface area (Å²) in [7, 11) is 0. The molecule has 1 unspecified atom stereocenters. The second-order valence-corrected chi connectivity index (χ2v) is 6.39. The number of amides is 2. The topological polar surface area (TPSA) is 75.6 Å². The van der Waals surface area contributed by atoms with E-state index >= 15 is 0 Å². The second-order valence-electron chi connectivity index (χ2n) is 6.39. The Morgan fingerprint density at radius 3 is 2.72 bits per heavy atom. The lowest BCUT2D eigenvalue weighted by atomic mass is 10.00. The normalized spacial score (nSPS) is 23.3. The number of morpholine rings is 1. The van der Waals surface area contributed by atoms with Crippen molar-refractivity contribution in [3.8, 4) is 0 Å². The van der Waals surface area contributed by atoms with Crippen LogP contribution in [-0.4, -0.2) is 58.8 Å². The van der Waals surface area contributed by atoms with Gasteiger partial charge in [0.05, 0.1) is 31.0 Å².